The van der Waals surface area contributed by atoms with Crippen LogP contribution in [0.2, 0.25) is 0 Å². The average molecular weight is 519 g/mol. The van der Waals surface area contributed by atoms with E-state index in [1.165, 1.54) is 25.7 Å². The van der Waals surface area contributed by atoms with E-state index < -0.39 is 17.7 Å². The minimum atomic E-state index is -1.07. The lowest BCUT2D eigenvalue weighted by Crippen LogP contribution is -2.51. The standard InChI is InChI=1S/C26H42N6O5/c1-4-5-6-7-8-9-15-36-19-21(28-24(33)26(2,3)27)23-30-29-22-12-10-11-20(32(22)23)18-37-25(34)31-13-16-35-17-14-31/h10-12,21H,4-9,13-19,27H2,1-3H3,(H,28,33)/t21-/m1/s1. The molecule has 37 heavy (non-hydrogen) atoms. The van der Waals surface area contributed by atoms with Gasteiger partial charge < -0.3 is 30.2 Å². The summed E-state index contributed by atoms with van der Waals surface area (Å²) in [5, 5.41) is 11.6. The third-order valence-electron chi connectivity index (χ3n) is 6.28. The van der Waals surface area contributed by atoms with Crippen LogP contribution in [0.15, 0.2) is 18.2 Å². The molecule has 1 aliphatic rings. The molecule has 3 rings (SSSR count). The predicted molar refractivity (Wildman–Crippen MR) is 139 cm³/mol. The highest BCUT2D eigenvalue weighted by molar-refractivity contribution is 5.85. The number of nitrogens with one attached hydrogen (secondary N) is 1. The number of carbonyl (C=O) groups excluding carboxylic acids is 2. The Kier molecular flexibility index (Phi) is 11.1. The van der Waals surface area contributed by atoms with Crippen molar-refractivity contribution in [1.29, 1.82) is 0 Å². The lowest BCUT2D eigenvalue weighted by Gasteiger charge is -2.26. The van der Waals surface area contributed by atoms with Gasteiger partial charge in [-0.3, -0.25) is 9.20 Å². The Morgan fingerprint density at radius 2 is 1.86 bits per heavy atom. The van der Waals surface area contributed by atoms with Crippen molar-refractivity contribution in [3.8, 4) is 0 Å². The molecule has 1 aliphatic heterocycles. The van der Waals surface area contributed by atoms with E-state index in [9.17, 15) is 9.59 Å². The molecule has 0 spiro atoms. The van der Waals surface area contributed by atoms with Crippen LogP contribution in [-0.4, -0.2) is 76.6 Å². The van der Waals surface area contributed by atoms with Crippen LogP contribution in [0.4, 0.5) is 4.79 Å². The summed E-state index contributed by atoms with van der Waals surface area (Å²) in [5.41, 5.74) is 6.23. The van der Waals surface area contributed by atoms with Crippen LogP contribution in [0.25, 0.3) is 5.65 Å². The van der Waals surface area contributed by atoms with Crippen molar-refractivity contribution in [2.75, 3.05) is 39.5 Å². The number of fused-ring (bicyclic) bond motifs is 1. The Bertz CT molecular complexity index is 999. The number of nitrogens with two attached hydrogens (primary N) is 1. The topological polar surface area (TPSA) is 133 Å². The summed E-state index contributed by atoms with van der Waals surface area (Å²) in [7, 11) is 0. The van der Waals surface area contributed by atoms with Gasteiger partial charge in [0, 0.05) is 19.7 Å². The summed E-state index contributed by atoms with van der Waals surface area (Å²) < 4.78 is 18.7. The van der Waals surface area contributed by atoms with E-state index in [4.69, 9.17) is 19.9 Å². The van der Waals surface area contributed by atoms with Gasteiger partial charge in [0.15, 0.2) is 11.5 Å². The van der Waals surface area contributed by atoms with Crippen molar-refractivity contribution in [2.45, 2.75) is 77.5 Å². The molecule has 11 heteroatoms. The maximum atomic E-state index is 12.8. The van der Waals surface area contributed by atoms with Gasteiger partial charge in [-0.25, -0.2) is 4.79 Å². The Balaban J connectivity index is 1.71. The van der Waals surface area contributed by atoms with E-state index in [1.54, 1.807) is 23.1 Å². The quantitative estimate of drug-likeness (QED) is 0.365. The normalized spacial score (nSPS) is 15.1. The lowest BCUT2D eigenvalue weighted by atomic mass is 10.1. The first-order chi connectivity index (χ1) is 17.8. The summed E-state index contributed by atoms with van der Waals surface area (Å²) in [4.78, 5) is 26.9. The number of nitrogens with zero attached hydrogens (tertiary/aromatic N) is 4. The van der Waals surface area contributed by atoms with E-state index in [-0.39, 0.29) is 19.1 Å². The van der Waals surface area contributed by atoms with Gasteiger partial charge in [0.25, 0.3) is 0 Å². The van der Waals surface area contributed by atoms with Gasteiger partial charge in [0.1, 0.15) is 12.6 Å². The second-order valence-corrected chi connectivity index (χ2v) is 10.0. The smallest absolute Gasteiger partial charge is 0.410 e. The van der Waals surface area contributed by atoms with Gasteiger partial charge in [-0.1, -0.05) is 45.1 Å². The summed E-state index contributed by atoms with van der Waals surface area (Å²) >= 11 is 0. The first-order valence-corrected chi connectivity index (χ1v) is 13.3. The van der Waals surface area contributed by atoms with Crippen molar-refractivity contribution in [2.24, 2.45) is 5.73 Å². The fraction of sp³-hybridized carbons (Fsp3) is 0.692. The molecular weight excluding hydrogens is 476 g/mol. The highest BCUT2D eigenvalue weighted by Gasteiger charge is 2.28. The van der Waals surface area contributed by atoms with E-state index >= 15 is 0 Å². The molecular formula is C26H42N6O5. The Hall–Kier alpha value is -2.76. The molecule has 11 nitrogen and oxygen atoms in total. The number of hydrogen-bond donors (Lipinski definition) is 2. The Labute approximate surface area is 219 Å². The van der Waals surface area contributed by atoms with Crippen molar-refractivity contribution in [1.82, 2.24) is 24.8 Å². The highest BCUT2D eigenvalue weighted by atomic mass is 16.6. The molecule has 0 aliphatic carbocycles. The zero-order chi connectivity index (χ0) is 26.7. The van der Waals surface area contributed by atoms with Crippen molar-refractivity contribution < 1.29 is 23.8 Å². The van der Waals surface area contributed by atoms with Crippen LogP contribution in [-0.2, 0) is 25.6 Å². The Morgan fingerprint density at radius 3 is 2.59 bits per heavy atom. The third kappa shape index (κ3) is 8.65. The molecule has 0 aromatic carbocycles. The van der Waals surface area contributed by atoms with E-state index in [1.807, 2.05) is 18.2 Å². The Morgan fingerprint density at radius 1 is 1.14 bits per heavy atom. The average Bonchev–Trinajstić information content (AvgIpc) is 3.32. The number of carbonyl (C=O) groups is 2. The largest absolute Gasteiger partial charge is 0.443 e. The fourth-order valence-corrected chi connectivity index (χ4v) is 4.05. The van der Waals surface area contributed by atoms with E-state index in [0.717, 1.165) is 12.8 Å². The fourth-order valence-electron chi connectivity index (χ4n) is 4.05. The van der Waals surface area contributed by atoms with Crippen LogP contribution >= 0.6 is 0 Å². The monoisotopic (exact) mass is 518 g/mol. The molecule has 1 saturated heterocycles. The van der Waals surface area contributed by atoms with Crippen molar-refractivity contribution >= 4 is 17.6 Å². The number of morpholine rings is 1. The second kappa shape index (κ2) is 14.3. The van der Waals surface area contributed by atoms with Crippen LogP contribution in [0.3, 0.4) is 0 Å². The van der Waals surface area contributed by atoms with Gasteiger partial charge in [0.05, 0.1) is 31.1 Å². The van der Waals surface area contributed by atoms with E-state index in [0.29, 0.717) is 50.1 Å². The SMILES string of the molecule is CCCCCCCCOC[C@@H](NC(=O)C(C)(C)N)c1nnc2cccc(COC(=O)N3CCOCC3)n12. The molecule has 2 aromatic heterocycles. The summed E-state index contributed by atoms with van der Waals surface area (Å²) in [6.45, 7) is 8.33. The zero-order valence-corrected chi connectivity index (χ0v) is 22.4. The number of rotatable bonds is 14. The number of aromatic nitrogens is 3. The number of amides is 2. The highest BCUT2D eigenvalue weighted by Crippen LogP contribution is 2.18. The minimum Gasteiger partial charge on any atom is -0.443 e. The number of unbranched alkanes of at least 4 members (excludes halogenated alkanes) is 5. The molecule has 206 valence electrons. The molecule has 2 aromatic rings. The maximum absolute atomic E-state index is 12.8. The van der Waals surface area contributed by atoms with Crippen LogP contribution in [0.5, 0.6) is 0 Å². The van der Waals surface area contributed by atoms with Crippen molar-refractivity contribution in [3.63, 3.8) is 0 Å². The summed E-state index contributed by atoms with van der Waals surface area (Å²) in [6, 6.07) is 4.90. The zero-order valence-electron chi connectivity index (χ0n) is 22.4. The molecule has 3 N–H and O–H groups in total. The third-order valence-corrected chi connectivity index (χ3v) is 6.28. The van der Waals surface area contributed by atoms with Gasteiger partial charge in [0.2, 0.25) is 5.91 Å². The minimum absolute atomic E-state index is 0.0280. The molecule has 1 fully saturated rings. The maximum Gasteiger partial charge on any atom is 0.410 e. The first-order valence-electron chi connectivity index (χ1n) is 13.3. The lowest BCUT2D eigenvalue weighted by molar-refractivity contribution is -0.126. The first kappa shape index (κ1) is 28.8. The number of hydrogen-bond acceptors (Lipinski definition) is 8. The number of pyridine rings is 1. The van der Waals surface area contributed by atoms with Gasteiger partial charge in [-0.05, 0) is 32.4 Å². The van der Waals surface area contributed by atoms with Gasteiger partial charge >= 0.3 is 6.09 Å². The molecule has 0 bridgehead atoms. The number of ether oxygens (including phenoxy) is 3. The molecule has 1 atom stereocenters. The second-order valence-electron chi connectivity index (χ2n) is 10.0. The molecule has 3 heterocycles. The van der Waals surface area contributed by atoms with Crippen LogP contribution < -0.4 is 11.1 Å². The summed E-state index contributed by atoms with van der Waals surface area (Å²) in [6.07, 6.45) is 6.58. The van der Waals surface area contributed by atoms with Crippen LogP contribution in [0.1, 0.15) is 76.9 Å². The molecule has 0 radical (unpaired) electrons. The van der Waals surface area contributed by atoms with Gasteiger partial charge in [-0.15, -0.1) is 10.2 Å². The van der Waals surface area contributed by atoms with Crippen molar-refractivity contribution in [3.05, 3.63) is 29.7 Å². The summed E-state index contributed by atoms with van der Waals surface area (Å²) in [5.74, 6) is 0.169. The van der Waals surface area contributed by atoms with E-state index in [2.05, 4.69) is 22.4 Å². The molecule has 2 amide bonds. The van der Waals surface area contributed by atoms with Gasteiger partial charge in [-0.2, -0.15) is 0 Å². The molecule has 0 saturated carbocycles. The molecule has 0 unspecified atom stereocenters. The van der Waals surface area contributed by atoms with Crippen LogP contribution in [0, 0.1) is 0 Å². The predicted octanol–water partition coefficient (Wildman–Crippen LogP) is 2.97.